The number of amides is 2. The maximum atomic E-state index is 15.2. The Morgan fingerprint density at radius 2 is 1.71 bits per heavy atom. The predicted molar refractivity (Wildman–Crippen MR) is 180 cm³/mol. The van der Waals surface area contributed by atoms with E-state index in [1.54, 1.807) is 51.6 Å². The third kappa shape index (κ3) is 7.96. The van der Waals surface area contributed by atoms with Crippen LogP contribution in [0.1, 0.15) is 62.5 Å². The lowest BCUT2D eigenvalue weighted by Gasteiger charge is -2.49. The van der Waals surface area contributed by atoms with Crippen molar-refractivity contribution in [3.05, 3.63) is 77.6 Å². The molecule has 2 aromatic carbocycles. The summed E-state index contributed by atoms with van der Waals surface area (Å²) in [5.74, 6) is -0.763. The number of piperidine rings is 2. The number of benzene rings is 2. The van der Waals surface area contributed by atoms with E-state index in [4.69, 9.17) is 9.47 Å². The van der Waals surface area contributed by atoms with Gasteiger partial charge in [0.25, 0.3) is 5.91 Å². The fourth-order valence-corrected chi connectivity index (χ4v) is 7.18. The summed E-state index contributed by atoms with van der Waals surface area (Å²) in [4.78, 5) is 34.1. The molecule has 0 atom stereocenters. The standard InChI is InChI=1S/C35H37F3N6O4S/c1-33(2,3)48-32(46)43-18-14-34(15-19-43)13-7-17-44(22-34)29-25(41-30(45)26-21-49-31(42-26)23-12-16-39-40-20-23)10-11-27(28(29)35(36,37)38)47-24-8-5-4-6-9-24/h4-6,8-12,16,20-21H,7,13-15,17-19,22H2,1-3H3,(H,41,45). The maximum absolute atomic E-state index is 15.2. The van der Waals surface area contributed by atoms with E-state index in [-0.39, 0.29) is 34.0 Å². The molecular formula is C35H37F3N6O4S. The highest BCUT2D eigenvalue weighted by molar-refractivity contribution is 7.13. The van der Waals surface area contributed by atoms with Crippen molar-refractivity contribution in [3.8, 4) is 22.1 Å². The third-order valence-electron chi connectivity index (χ3n) is 8.66. The number of nitrogens with one attached hydrogen (secondary N) is 1. The molecule has 0 saturated carbocycles. The van der Waals surface area contributed by atoms with E-state index < -0.39 is 29.3 Å². The molecule has 2 fully saturated rings. The van der Waals surface area contributed by atoms with Gasteiger partial charge in [0.1, 0.15) is 33.4 Å². The highest BCUT2D eigenvalue weighted by Crippen LogP contribution is 2.50. The number of rotatable bonds is 6. The molecule has 1 N–H and O–H groups in total. The number of halogens is 3. The Labute approximate surface area is 286 Å². The average Bonchev–Trinajstić information content (AvgIpc) is 3.56. The Hall–Kier alpha value is -4.72. The number of alkyl halides is 3. The van der Waals surface area contributed by atoms with Crippen LogP contribution in [-0.2, 0) is 10.9 Å². The Morgan fingerprint density at radius 1 is 0.959 bits per heavy atom. The van der Waals surface area contributed by atoms with Crippen molar-refractivity contribution in [2.75, 3.05) is 36.4 Å². The molecular weight excluding hydrogens is 657 g/mol. The van der Waals surface area contributed by atoms with Gasteiger partial charge in [-0.3, -0.25) is 4.79 Å². The number of thiazole rings is 1. The van der Waals surface area contributed by atoms with Crippen LogP contribution in [0.4, 0.5) is 29.3 Å². The second kappa shape index (κ2) is 13.7. The van der Waals surface area contributed by atoms with E-state index >= 15 is 13.2 Å². The third-order valence-corrected chi connectivity index (χ3v) is 9.56. The molecule has 49 heavy (non-hydrogen) atoms. The number of anilines is 2. The van der Waals surface area contributed by atoms with Crippen LogP contribution in [0.15, 0.2) is 66.3 Å². The lowest BCUT2D eigenvalue weighted by molar-refractivity contribution is -0.138. The van der Waals surface area contributed by atoms with E-state index in [9.17, 15) is 9.59 Å². The highest BCUT2D eigenvalue weighted by Gasteiger charge is 2.45. The van der Waals surface area contributed by atoms with Gasteiger partial charge in [-0.05, 0) is 82.2 Å². The second-order valence-corrected chi connectivity index (χ2v) is 14.2. The van der Waals surface area contributed by atoms with E-state index in [2.05, 4.69) is 20.5 Å². The van der Waals surface area contributed by atoms with E-state index in [0.717, 1.165) is 6.42 Å². The summed E-state index contributed by atoms with van der Waals surface area (Å²) in [6.45, 7) is 6.96. The SMILES string of the molecule is CC(C)(C)OC(=O)N1CCC2(CCCN(c3c(NC(=O)c4csc(-c5ccnnc5)n4)ccc(Oc4ccccc4)c3C(F)(F)F)C2)CC1. The van der Waals surface area contributed by atoms with Crippen LogP contribution < -0.4 is 15.0 Å². The van der Waals surface area contributed by atoms with Crippen molar-refractivity contribution in [3.63, 3.8) is 0 Å². The number of likely N-dealkylation sites (tertiary alicyclic amines) is 1. The minimum Gasteiger partial charge on any atom is -0.457 e. The number of para-hydroxylation sites is 1. The van der Waals surface area contributed by atoms with Crippen LogP contribution in [0.3, 0.4) is 0 Å². The van der Waals surface area contributed by atoms with Crippen molar-refractivity contribution in [2.24, 2.45) is 5.41 Å². The number of aromatic nitrogens is 3. The topological polar surface area (TPSA) is 110 Å². The van der Waals surface area contributed by atoms with Gasteiger partial charge in [-0.2, -0.15) is 23.4 Å². The van der Waals surface area contributed by atoms with Crippen molar-refractivity contribution in [1.82, 2.24) is 20.1 Å². The molecule has 2 aromatic heterocycles. The van der Waals surface area contributed by atoms with E-state index in [0.29, 0.717) is 56.0 Å². The number of ether oxygens (including phenoxy) is 2. The summed E-state index contributed by atoms with van der Waals surface area (Å²) >= 11 is 1.22. The fraction of sp³-hybridized carbons (Fsp3) is 0.400. The van der Waals surface area contributed by atoms with Crippen LogP contribution in [0.25, 0.3) is 10.6 Å². The average molecular weight is 695 g/mol. The first-order valence-corrected chi connectivity index (χ1v) is 16.9. The summed E-state index contributed by atoms with van der Waals surface area (Å²) in [5.41, 5.74) is -1.37. The molecule has 0 radical (unpaired) electrons. The Kier molecular flexibility index (Phi) is 9.52. The summed E-state index contributed by atoms with van der Waals surface area (Å²) in [7, 11) is 0. The lowest BCUT2D eigenvalue weighted by atomic mass is 9.72. The van der Waals surface area contributed by atoms with Gasteiger partial charge in [0.15, 0.2) is 0 Å². The molecule has 10 nitrogen and oxygen atoms in total. The Bertz CT molecular complexity index is 1790. The summed E-state index contributed by atoms with van der Waals surface area (Å²) < 4.78 is 57.0. The molecule has 2 amide bonds. The second-order valence-electron chi connectivity index (χ2n) is 13.4. The van der Waals surface area contributed by atoms with Gasteiger partial charge >= 0.3 is 12.3 Å². The number of carbonyl (C=O) groups excluding carboxylic acids is 2. The van der Waals surface area contributed by atoms with Crippen molar-refractivity contribution >= 4 is 34.7 Å². The monoisotopic (exact) mass is 694 g/mol. The highest BCUT2D eigenvalue weighted by atomic mass is 32.1. The number of carbonyl (C=O) groups is 2. The lowest BCUT2D eigenvalue weighted by Crippen LogP contribution is -2.51. The molecule has 1 spiro atoms. The first-order valence-electron chi connectivity index (χ1n) is 16.0. The molecule has 0 aliphatic carbocycles. The van der Waals surface area contributed by atoms with Crippen molar-refractivity contribution < 1.29 is 32.2 Å². The Balaban J connectivity index is 1.34. The van der Waals surface area contributed by atoms with Crippen molar-refractivity contribution in [1.29, 1.82) is 0 Å². The molecule has 258 valence electrons. The normalized spacial score (nSPS) is 16.4. The van der Waals surface area contributed by atoms with Gasteiger partial charge in [-0.1, -0.05) is 18.2 Å². The molecule has 2 aliphatic rings. The summed E-state index contributed by atoms with van der Waals surface area (Å²) in [5, 5.41) is 12.4. The first kappa shape index (κ1) is 34.2. The maximum Gasteiger partial charge on any atom is 0.422 e. The zero-order valence-corrected chi connectivity index (χ0v) is 28.2. The Morgan fingerprint density at radius 3 is 2.39 bits per heavy atom. The minimum atomic E-state index is -4.83. The van der Waals surface area contributed by atoms with Gasteiger partial charge in [-0.15, -0.1) is 11.3 Å². The van der Waals surface area contributed by atoms with Crippen LogP contribution in [0.5, 0.6) is 11.5 Å². The molecule has 6 rings (SSSR count). The zero-order valence-electron chi connectivity index (χ0n) is 27.4. The zero-order chi connectivity index (χ0) is 34.8. The molecule has 0 unspecified atom stereocenters. The molecule has 4 heterocycles. The smallest absolute Gasteiger partial charge is 0.422 e. The molecule has 2 saturated heterocycles. The summed E-state index contributed by atoms with van der Waals surface area (Å²) in [6.07, 6.45) is 0.464. The first-order chi connectivity index (χ1) is 23.3. The minimum absolute atomic E-state index is 0.00102. The van der Waals surface area contributed by atoms with Gasteiger partial charge in [0.2, 0.25) is 0 Å². The van der Waals surface area contributed by atoms with E-state index in [1.165, 1.54) is 35.9 Å². The van der Waals surface area contributed by atoms with Crippen LogP contribution >= 0.6 is 11.3 Å². The number of nitrogens with zero attached hydrogens (tertiary/aromatic N) is 5. The molecule has 4 aromatic rings. The van der Waals surface area contributed by atoms with Crippen molar-refractivity contribution in [2.45, 2.75) is 58.2 Å². The van der Waals surface area contributed by atoms with Gasteiger partial charge in [0.05, 0.1) is 23.8 Å². The number of hydrogen-bond donors (Lipinski definition) is 1. The molecule has 2 aliphatic heterocycles. The molecule has 0 bridgehead atoms. The summed E-state index contributed by atoms with van der Waals surface area (Å²) in [6, 6.07) is 12.7. The van der Waals surface area contributed by atoms with Gasteiger partial charge < -0.3 is 24.6 Å². The largest absolute Gasteiger partial charge is 0.457 e. The van der Waals surface area contributed by atoms with Gasteiger partial charge in [0, 0.05) is 37.1 Å². The predicted octanol–water partition coefficient (Wildman–Crippen LogP) is 8.28. The quantitative estimate of drug-likeness (QED) is 0.215. The van der Waals surface area contributed by atoms with Crippen LogP contribution in [0, 0.1) is 5.41 Å². The number of hydrogen-bond acceptors (Lipinski definition) is 9. The van der Waals surface area contributed by atoms with Crippen LogP contribution in [-0.4, -0.2) is 63.9 Å². The van der Waals surface area contributed by atoms with E-state index in [1.807, 2.05) is 20.8 Å². The fourth-order valence-electron chi connectivity index (χ4n) is 6.39. The molecule has 14 heteroatoms. The van der Waals surface area contributed by atoms with Gasteiger partial charge in [-0.25, -0.2) is 9.78 Å². The van der Waals surface area contributed by atoms with Crippen LogP contribution in [0.2, 0.25) is 0 Å².